The normalized spacial score (nSPS) is 17.2. The van der Waals surface area contributed by atoms with Gasteiger partial charge in [-0.05, 0) is 44.9 Å². The molecule has 0 amide bonds. The van der Waals surface area contributed by atoms with Crippen LogP contribution in [0, 0.1) is 12.3 Å². The van der Waals surface area contributed by atoms with E-state index in [0.29, 0.717) is 5.52 Å². The van der Waals surface area contributed by atoms with E-state index >= 15 is 0 Å². The lowest BCUT2D eigenvalue weighted by molar-refractivity contribution is 0.558. The van der Waals surface area contributed by atoms with Gasteiger partial charge in [0.05, 0.1) is 21.8 Å². The molecule has 1 aliphatic carbocycles. The third kappa shape index (κ3) is 2.90. The first-order chi connectivity index (χ1) is 11.6. The molecule has 0 saturated heterocycles. The average molecular weight is 361 g/mol. The van der Waals surface area contributed by atoms with Crippen molar-refractivity contribution >= 4 is 20.9 Å². The first kappa shape index (κ1) is 17.5. The molecule has 0 unspecified atom stereocenters. The van der Waals surface area contributed by atoms with Crippen molar-refractivity contribution in [1.82, 2.24) is 13.9 Å². The Bertz CT molecular complexity index is 1130. The van der Waals surface area contributed by atoms with Gasteiger partial charge in [0, 0.05) is 12.6 Å². The number of fused-ring (bicyclic) bond motifs is 1. The number of hydrogen-bond donors (Lipinski definition) is 1. The molecule has 1 aliphatic rings. The van der Waals surface area contributed by atoms with E-state index < -0.39 is 32.9 Å². The average Bonchev–Trinajstić information content (AvgIpc) is 3.28. The molecule has 1 N–H and O–H groups in total. The lowest BCUT2D eigenvalue weighted by Gasteiger charge is -2.16. The Labute approximate surface area is 145 Å². The van der Waals surface area contributed by atoms with Gasteiger partial charge >= 0.3 is 5.69 Å². The Kier molecular flexibility index (Phi) is 3.89. The van der Waals surface area contributed by atoms with Crippen molar-refractivity contribution in [2.45, 2.75) is 43.2 Å². The molecule has 0 radical (unpaired) electrons. The van der Waals surface area contributed by atoms with E-state index in [9.17, 15) is 18.0 Å². The maximum Gasteiger partial charge on any atom is 0.332 e. The second-order valence-electron chi connectivity index (χ2n) is 6.70. The van der Waals surface area contributed by atoms with Crippen molar-refractivity contribution in [1.29, 1.82) is 0 Å². The molecule has 1 atom stereocenters. The summed E-state index contributed by atoms with van der Waals surface area (Å²) >= 11 is 0. The van der Waals surface area contributed by atoms with E-state index in [1.165, 1.54) is 29.8 Å². The number of hydrogen-bond acceptors (Lipinski definition) is 4. The zero-order valence-corrected chi connectivity index (χ0v) is 15.1. The highest BCUT2D eigenvalue weighted by Gasteiger charge is 2.41. The van der Waals surface area contributed by atoms with Crippen LogP contribution in [0.1, 0.15) is 32.7 Å². The first-order valence-corrected chi connectivity index (χ1v) is 9.33. The minimum Gasteiger partial charge on any atom is -0.279 e. The molecular formula is C17H19N3O4S. The molecule has 25 heavy (non-hydrogen) atoms. The summed E-state index contributed by atoms with van der Waals surface area (Å²) in [5, 5.41) is 0.132. The number of benzene rings is 1. The molecule has 1 aromatic carbocycles. The first-order valence-electron chi connectivity index (χ1n) is 7.85. The molecule has 2 aromatic rings. The minimum absolute atomic E-state index is 0.0104. The summed E-state index contributed by atoms with van der Waals surface area (Å²) in [6.07, 6.45) is 6.98. The molecule has 3 rings (SSSR count). The number of rotatable bonds is 4. The maximum atomic E-state index is 12.5. The molecule has 1 saturated carbocycles. The fraction of sp³-hybridized carbons (Fsp3) is 0.412. The van der Waals surface area contributed by atoms with Crippen molar-refractivity contribution in [3.63, 3.8) is 0 Å². The van der Waals surface area contributed by atoms with Gasteiger partial charge in [-0.2, -0.15) is 0 Å². The van der Waals surface area contributed by atoms with Crippen molar-refractivity contribution in [3.05, 3.63) is 39.0 Å². The van der Waals surface area contributed by atoms with E-state index in [1.54, 1.807) is 6.92 Å². The molecule has 1 aromatic heterocycles. The van der Waals surface area contributed by atoms with Crippen LogP contribution in [0.5, 0.6) is 0 Å². The Morgan fingerprint density at radius 1 is 1.32 bits per heavy atom. The zero-order chi connectivity index (χ0) is 18.6. The summed E-state index contributed by atoms with van der Waals surface area (Å²) in [6, 6.07) is 3.56. The van der Waals surface area contributed by atoms with Gasteiger partial charge in [0.15, 0.2) is 0 Å². The van der Waals surface area contributed by atoms with E-state index in [0.717, 1.165) is 17.4 Å². The molecule has 8 heteroatoms. The Hall–Kier alpha value is -2.37. The number of nitrogens with zero attached hydrogens (tertiary/aromatic N) is 2. The van der Waals surface area contributed by atoms with Crippen LogP contribution in [0.15, 0.2) is 32.7 Å². The van der Waals surface area contributed by atoms with Gasteiger partial charge in [0.25, 0.3) is 5.56 Å². The van der Waals surface area contributed by atoms with Gasteiger partial charge in [-0.1, -0.05) is 5.92 Å². The molecule has 0 spiro atoms. The molecule has 0 bridgehead atoms. The number of terminal acetylenes is 1. The summed E-state index contributed by atoms with van der Waals surface area (Å²) < 4.78 is 30.0. The molecule has 7 nitrogen and oxygen atoms in total. The lowest BCUT2D eigenvalue weighted by atomic mass is 10.2. The fourth-order valence-corrected chi connectivity index (χ4v) is 4.21. The monoisotopic (exact) mass is 361 g/mol. The topological polar surface area (TPSA) is 90.2 Å². The summed E-state index contributed by atoms with van der Waals surface area (Å²) in [4.78, 5) is 24.8. The smallest absolute Gasteiger partial charge is 0.279 e. The SMILES string of the molecule is C#C[C@H](C)n1c(=O)n(C)c(=O)c2cc(S(=O)(=O)NC3(C)CC3)ccc21. The van der Waals surface area contributed by atoms with Gasteiger partial charge in [0.1, 0.15) is 0 Å². The van der Waals surface area contributed by atoms with Crippen LogP contribution in [0.4, 0.5) is 0 Å². The summed E-state index contributed by atoms with van der Waals surface area (Å²) in [6.45, 7) is 3.49. The van der Waals surface area contributed by atoms with E-state index in [2.05, 4.69) is 10.6 Å². The van der Waals surface area contributed by atoms with Crippen molar-refractivity contribution < 1.29 is 8.42 Å². The second-order valence-corrected chi connectivity index (χ2v) is 8.39. The van der Waals surface area contributed by atoms with Crippen LogP contribution in [0.2, 0.25) is 0 Å². The van der Waals surface area contributed by atoms with Crippen LogP contribution in [0.25, 0.3) is 10.9 Å². The number of nitrogens with one attached hydrogen (secondary N) is 1. The zero-order valence-electron chi connectivity index (χ0n) is 14.2. The van der Waals surface area contributed by atoms with Gasteiger partial charge in [-0.15, -0.1) is 6.42 Å². The predicted octanol–water partition coefficient (Wildman–Crippen LogP) is 0.725. The summed E-state index contributed by atoms with van der Waals surface area (Å²) in [5.74, 6) is 2.46. The van der Waals surface area contributed by atoms with Crippen molar-refractivity contribution in [2.75, 3.05) is 0 Å². The fourth-order valence-electron chi connectivity index (χ4n) is 2.72. The van der Waals surface area contributed by atoms with Crippen LogP contribution in [-0.4, -0.2) is 23.1 Å². The van der Waals surface area contributed by atoms with Gasteiger partial charge < -0.3 is 0 Å². The number of sulfonamides is 1. The van der Waals surface area contributed by atoms with Crippen LogP contribution >= 0.6 is 0 Å². The van der Waals surface area contributed by atoms with Crippen LogP contribution < -0.4 is 16.0 Å². The second kappa shape index (κ2) is 5.58. The lowest BCUT2D eigenvalue weighted by Crippen LogP contribution is -2.39. The van der Waals surface area contributed by atoms with Crippen molar-refractivity contribution in [3.8, 4) is 12.3 Å². The van der Waals surface area contributed by atoms with E-state index in [4.69, 9.17) is 6.42 Å². The van der Waals surface area contributed by atoms with Gasteiger partial charge in [0.2, 0.25) is 10.0 Å². The van der Waals surface area contributed by atoms with Crippen molar-refractivity contribution in [2.24, 2.45) is 7.05 Å². The highest BCUT2D eigenvalue weighted by Crippen LogP contribution is 2.36. The molecule has 1 heterocycles. The van der Waals surface area contributed by atoms with Gasteiger partial charge in [-0.3, -0.25) is 13.9 Å². The molecule has 132 valence electrons. The highest BCUT2D eigenvalue weighted by atomic mass is 32.2. The minimum atomic E-state index is -3.75. The Balaban J connectivity index is 2.27. The van der Waals surface area contributed by atoms with Crippen LogP contribution in [0.3, 0.4) is 0 Å². The van der Waals surface area contributed by atoms with Crippen LogP contribution in [-0.2, 0) is 17.1 Å². The Morgan fingerprint density at radius 2 is 1.96 bits per heavy atom. The maximum absolute atomic E-state index is 12.5. The largest absolute Gasteiger partial charge is 0.332 e. The third-order valence-corrected chi connectivity index (χ3v) is 6.21. The number of aromatic nitrogens is 2. The molecular weight excluding hydrogens is 342 g/mol. The standard InChI is InChI=1S/C17H19N3O4S/c1-5-11(2)20-14-7-6-12(25(23,24)18-17(3)8-9-17)10-13(14)15(21)19(4)16(20)22/h1,6-7,10-11,18H,8-9H2,2-4H3/t11-/m0/s1. The highest BCUT2D eigenvalue weighted by molar-refractivity contribution is 7.89. The quantitative estimate of drug-likeness (QED) is 0.813. The van der Waals surface area contributed by atoms with Gasteiger partial charge in [-0.25, -0.2) is 17.9 Å². The predicted molar refractivity (Wildman–Crippen MR) is 95.0 cm³/mol. The molecule has 1 fully saturated rings. The summed E-state index contributed by atoms with van der Waals surface area (Å²) in [7, 11) is -2.41. The summed E-state index contributed by atoms with van der Waals surface area (Å²) in [5.41, 5.74) is -1.21. The van der Waals surface area contributed by atoms with E-state index in [1.807, 2.05) is 6.92 Å². The Morgan fingerprint density at radius 3 is 2.52 bits per heavy atom. The third-order valence-electron chi connectivity index (χ3n) is 4.58. The van der Waals surface area contributed by atoms with E-state index in [-0.39, 0.29) is 10.3 Å². The molecule has 0 aliphatic heterocycles.